The van der Waals surface area contributed by atoms with Gasteiger partial charge in [-0.2, -0.15) is 0 Å². The molecule has 0 saturated heterocycles. The third kappa shape index (κ3) is 2.04. The molecule has 1 heterocycles. The minimum absolute atomic E-state index is 0.0777. The lowest BCUT2D eigenvalue weighted by molar-refractivity contribution is 0.264. The van der Waals surface area contributed by atoms with Crippen LogP contribution in [0.1, 0.15) is 38.0 Å². The van der Waals surface area contributed by atoms with Crippen LogP contribution in [0, 0.1) is 0 Å². The Morgan fingerprint density at radius 1 is 1.17 bits per heavy atom. The van der Waals surface area contributed by atoms with Crippen LogP contribution in [0.15, 0.2) is 30.3 Å². The predicted molar refractivity (Wildman–Crippen MR) is 70.2 cm³/mol. The Balaban J connectivity index is 2.51. The van der Waals surface area contributed by atoms with Crippen LogP contribution in [0.4, 0.5) is 0 Å². The van der Waals surface area contributed by atoms with E-state index in [1.54, 1.807) is 0 Å². The van der Waals surface area contributed by atoms with Crippen molar-refractivity contribution in [2.24, 2.45) is 0 Å². The van der Waals surface area contributed by atoms with Crippen LogP contribution in [0.25, 0.3) is 0 Å². The van der Waals surface area contributed by atoms with E-state index in [-0.39, 0.29) is 12.0 Å². The normalized spacial score (nSPS) is 11.8. The van der Waals surface area contributed by atoms with Crippen molar-refractivity contribution in [3.8, 4) is 0 Å². The Kier molecular flexibility index (Phi) is 3.48. The first-order valence-electron chi connectivity index (χ1n) is 6.20. The van der Waals surface area contributed by atoms with Gasteiger partial charge in [0.05, 0.1) is 0 Å². The molecule has 2 aromatic rings. The minimum Gasteiger partial charge on any atom is -0.388 e. The molecular formula is C14H19N3O. The maximum atomic E-state index is 9.28. The quantitative estimate of drug-likeness (QED) is 0.897. The summed E-state index contributed by atoms with van der Waals surface area (Å²) >= 11 is 0. The first-order chi connectivity index (χ1) is 8.61. The van der Waals surface area contributed by atoms with E-state index in [1.807, 2.05) is 29.7 Å². The van der Waals surface area contributed by atoms with Gasteiger partial charge in [0, 0.05) is 12.0 Å². The van der Waals surface area contributed by atoms with E-state index in [1.165, 1.54) is 5.56 Å². The molecule has 0 amide bonds. The van der Waals surface area contributed by atoms with Gasteiger partial charge in [-0.05, 0) is 26.3 Å². The topological polar surface area (TPSA) is 50.9 Å². The minimum atomic E-state index is -0.225. The number of aliphatic hydroxyl groups excluding tert-OH is 1. The smallest absolute Gasteiger partial charge is 0.158 e. The SMILES string of the molecule is CCn1c(CO)nnc1C(C)(C)c1ccccc1. The first-order valence-corrected chi connectivity index (χ1v) is 6.20. The number of hydrogen-bond donors (Lipinski definition) is 1. The lowest BCUT2D eigenvalue weighted by atomic mass is 9.83. The molecule has 0 saturated carbocycles. The number of aliphatic hydroxyl groups is 1. The van der Waals surface area contributed by atoms with Crippen molar-refractivity contribution in [3.63, 3.8) is 0 Å². The van der Waals surface area contributed by atoms with Gasteiger partial charge < -0.3 is 9.67 Å². The molecule has 0 aliphatic heterocycles. The summed E-state index contributed by atoms with van der Waals surface area (Å²) in [6.45, 7) is 6.96. The zero-order chi connectivity index (χ0) is 13.2. The van der Waals surface area contributed by atoms with Crippen LogP contribution >= 0.6 is 0 Å². The molecule has 0 fully saturated rings. The van der Waals surface area contributed by atoms with Gasteiger partial charge in [0.25, 0.3) is 0 Å². The lowest BCUT2D eigenvalue weighted by Gasteiger charge is -2.25. The van der Waals surface area contributed by atoms with Crippen molar-refractivity contribution < 1.29 is 5.11 Å². The van der Waals surface area contributed by atoms with Gasteiger partial charge in [0.15, 0.2) is 5.82 Å². The largest absolute Gasteiger partial charge is 0.388 e. The van der Waals surface area contributed by atoms with Crippen molar-refractivity contribution in [2.75, 3.05) is 0 Å². The number of nitrogens with zero attached hydrogens (tertiary/aromatic N) is 3. The monoisotopic (exact) mass is 245 g/mol. The van der Waals surface area contributed by atoms with Crippen LogP contribution in [-0.4, -0.2) is 19.9 Å². The molecule has 1 aromatic heterocycles. The van der Waals surface area contributed by atoms with E-state index < -0.39 is 0 Å². The van der Waals surface area contributed by atoms with Crippen LogP contribution < -0.4 is 0 Å². The van der Waals surface area contributed by atoms with Gasteiger partial charge in [0.1, 0.15) is 12.4 Å². The Hall–Kier alpha value is -1.68. The zero-order valence-corrected chi connectivity index (χ0v) is 11.1. The molecule has 96 valence electrons. The van der Waals surface area contributed by atoms with Gasteiger partial charge in [-0.25, -0.2) is 0 Å². The highest BCUT2D eigenvalue weighted by Gasteiger charge is 2.29. The number of rotatable bonds is 4. The van der Waals surface area contributed by atoms with E-state index in [4.69, 9.17) is 0 Å². The second-order valence-electron chi connectivity index (χ2n) is 4.83. The summed E-state index contributed by atoms with van der Waals surface area (Å²) in [6, 6.07) is 10.2. The van der Waals surface area contributed by atoms with Gasteiger partial charge in [-0.3, -0.25) is 0 Å². The van der Waals surface area contributed by atoms with Crippen LogP contribution in [0.5, 0.6) is 0 Å². The molecule has 0 spiro atoms. The fourth-order valence-corrected chi connectivity index (χ4v) is 2.23. The highest BCUT2D eigenvalue weighted by Crippen LogP contribution is 2.30. The second kappa shape index (κ2) is 4.90. The molecule has 4 heteroatoms. The van der Waals surface area contributed by atoms with Gasteiger partial charge in [-0.15, -0.1) is 10.2 Å². The Morgan fingerprint density at radius 2 is 1.83 bits per heavy atom. The van der Waals surface area contributed by atoms with Crippen molar-refractivity contribution in [1.29, 1.82) is 0 Å². The summed E-state index contributed by atoms with van der Waals surface area (Å²) in [5.74, 6) is 1.51. The zero-order valence-electron chi connectivity index (χ0n) is 11.1. The fourth-order valence-electron chi connectivity index (χ4n) is 2.23. The van der Waals surface area contributed by atoms with E-state index in [9.17, 15) is 5.11 Å². The molecule has 2 rings (SSSR count). The average Bonchev–Trinajstić information content (AvgIpc) is 2.83. The van der Waals surface area contributed by atoms with Crippen LogP contribution in [-0.2, 0) is 18.6 Å². The van der Waals surface area contributed by atoms with Crippen molar-refractivity contribution in [1.82, 2.24) is 14.8 Å². The number of aromatic nitrogens is 3. The second-order valence-corrected chi connectivity index (χ2v) is 4.83. The van der Waals surface area contributed by atoms with E-state index in [2.05, 4.69) is 36.2 Å². The third-order valence-corrected chi connectivity index (χ3v) is 3.34. The Morgan fingerprint density at radius 3 is 2.39 bits per heavy atom. The lowest BCUT2D eigenvalue weighted by Crippen LogP contribution is -2.25. The van der Waals surface area contributed by atoms with Crippen molar-refractivity contribution in [2.45, 2.75) is 39.3 Å². The molecule has 0 atom stereocenters. The highest BCUT2D eigenvalue weighted by molar-refractivity contribution is 5.31. The maximum Gasteiger partial charge on any atom is 0.158 e. The standard InChI is InChI=1S/C14H19N3O/c1-4-17-12(10-18)15-16-13(17)14(2,3)11-8-6-5-7-9-11/h5-9,18H,4,10H2,1-3H3. The molecular weight excluding hydrogens is 226 g/mol. The maximum absolute atomic E-state index is 9.28. The third-order valence-electron chi connectivity index (χ3n) is 3.34. The summed E-state index contributed by atoms with van der Waals surface area (Å²) in [4.78, 5) is 0. The summed E-state index contributed by atoms with van der Waals surface area (Å²) in [5.41, 5.74) is 0.967. The molecule has 0 radical (unpaired) electrons. The average molecular weight is 245 g/mol. The van der Waals surface area contributed by atoms with Crippen LogP contribution in [0.3, 0.4) is 0 Å². The van der Waals surface area contributed by atoms with Gasteiger partial charge in [-0.1, -0.05) is 30.3 Å². The van der Waals surface area contributed by atoms with E-state index >= 15 is 0 Å². The van der Waals surface area contributed by atoms with Crippen molar-refractivity contribution in [3.05, 3.63) is 47.5 Å². The predicted octanol–water partition coefficient (Wildman–Crippen LogP) is 2.12. The van der Waals surface area contributed by atoms with E-state index in [0.717, 1.165) is 12.4 Å². The summed E-state index contributed by atoms with van der Waals surface area (Å²) in [7, 11) is 0. The molecule has 1 aromatic carbocycles. The molecule has 0 unspecified atom stereocenters. The molecule has 4 nitrogen and oxygen atoms in total. The van der Waals surface area contributed by atoms with Crippen molar-refractivity contribution >= 4 is 0 Å². The van der Waals surface area contributed by atoms with E-state index in [0.29, 0.717) is 5.82 Å². The van der Waals surface area contributed by atoms with Gasteiger partial charge in [0.2, 0.25) is 0 Å². The number of hydrogen-bond acceptors (Lipinski definition) is 3. The molecule has 18 heavy (non-hydrogen) atoms. The molecule has 0 bridgehead atoms. The number of benzene rings is 1. The Labute approximate surface area is 107 Å². The summed E-state index contributed by atoms with van der Waals surface area (Å²) in [6.07, 6.45) is 0. The highest BCUT2D eigenvalue weighted by atomic mass is 16.3. The summed E-state index contributed by atoms with van der Waals surface area (Å²) in [5, 5.41) is 17.6. The molecule has 0 aliphatic carbocycles. The fraction of sp³-hybridized carbons (Fsp3) is 0.429. The van der Waals surface area contributed by atoms with Crippen LogP contribution in [0.2, 0.25) is 0 Å². The van der Waals surface area contributed by atoms with Gasteiger partial charge >= 0.3 is 0 Å². The summed E-state index contributed by atoms with van der Waals surface area (Å²) < 4.78 is 1.98. The molecule has 0 aliphatic rings. The molecule has 1 N–H and O–H groups in total. The first kappa shape index (κ1) is 12.8. The Bertz CT molecular complexity index is 517.